The van der Waals surface area contributed by atoms with Crippen LogP contribution in [0.15, 0.2) is 73.1 Å². The molecule has 5 aromatic rings. The standard InChI is InChI=1S/C20H12N2/c1-2-6-14-13(5-1)9-10-15-16-7-3-11-21-19(16)20-17(18(14)15)8-4-12-22-20/h1-12H. The number of aromatic nitrogens is 2. The van der Waals surface area contributed by atoms with Crippen LogP contribution < -0.4 is 0 Å². The highest BCUT2D eigenvalue weighted by molar-refractivity contribution is 6.29. The van der Waals surface area contributed by atoms with Crippen molar-refractivity contribution in [3.63, 3.8) is 0 Å². The molecule has 0 aliphatic carbocycles. The van der Waals surface area contributed by atoms with E-state index in [1.807, 2.05) is 24.5 Å². The zero-order chi connectivity index (χ0) is 14.5. The van der Waals surface area contributed by atoms with Gasteiger partial charge in [0.05, 0.1) is 11.0 Å². The maximum atomic E-state index is 4.60. The Bertz CT molecular complexity index is 1130. The van der Waals surface area contributed by atoms with Gasteiger partial charge in [0, 0.05) is 23.2 Å². The summed E-state index contributed by atoms with van der Waals surface area (Å²) in [5, 5.41) is 7.35. The Labute approximate surface area is 127 Å². The lowest BCUT2D eigenvalue weighted by molar-refractivity contribution is 1.38. The first kappa shape index (κ1) is 11.6. The SMILES string of the molecule is c1ccc2c(c1)ccc1c3cccnc3c3ncccc3c21. The van der Waals surface area contributed by atoms with Gasteiger partial charge in [0.25, 0.3) is 0 Å². The van der Waals surface area contributed by atoms with E-state index in [-0.39, 0.29) is 0 Å². The van der Waals surface area contributed by atoms with Crippen molar-refractivity contribution in [3.05, 3.63) is 73.1 Å². The first-order chi connectivity index (χ1) is 10.9. The van der Waals surface area contributed by atoms with E-state index in [1.54, 1.807) is 0 Å². The van der Waals surface area contributed by atoms with Crippen LogP contribution in [0.5, 0.6) is 0 Å². The molecular formula is C20H12N2. The van der Waals surface area contributed by atoms with Gasteiger partial charge in [0.1, 0.15) is 0 Å². The first-order valence-electron chi connectivity index (χ1n) is 7.36. The van der Waals surface area contributed by atoms with Gasteiger partial charge in [-0.2, -0.15) is 0 Å². The molecule has 3 aromatic carbocycles. The van der Waals surface area contributed by atoms with Crippen molar-refractivity contribution in [2.45, 2.75) is 0 Å². The predicted molar refractivity (Wildman–Crippen MR) is 92.1 cm³/mol. The Morgan fingerprint density at radius 1 is 0.500 bits per heavy atom. The van der Waals surface area contributed by atoms with Crippen LogP contribution in [0, 0.1) is 0 Å². The summed E-state index contributed by atoms with van der Waals surface area (Å²) in [4.78, 5) is 9.18. The Morgan fingerprint density at radius 3 is 2.05 bits per heavy atom. The molecule has 5 rings (SSSR count). The van der Waals surface area contributed by atoms with Crippen LogP contribution in [0.1, 0.15) is 0 Å². The van der Waals surface area contributed by atoms with E-state index >= 15 is 0 Å². The summed E-state index contributed by atoms with van der Waals surface area (Å²) in [7, 11) is 0. The van der Waals surface area contributed by atoms with Gasteiger partial charge in [-0.25, -0.2) is 0 Å². The quantitative estimate of drug-likeness (QED) is 0.369. The lowest BCUT2D eigenvalue weighted by Gasteiger charge is -2.11. The molecule has 0 saturated carbocycles. The molecule has 0 saturated heterocycles. The van der Waals surface area contributed by atoms with Crippen LogP contribution in [0.4, 0.5) is 0 Å². The minimum atomic E-state index is 0.973. The molecule has 0 aliphatic rings. The number of rotatable bonds is 0. The second-order valence-electron chi connectivity index (χ2n) is 5.51. The van der Waals surface area contributed by atoms with E-state index in [1.165, 1.54) is 26.9 Å². The van der Waals surface area contributed by atoms with Crippen molar-refractivity contribution in [3.8, 4) is 0 Å². The van der Waals surface area contributed by atoms with E-state index < -0.39 is 0 Å². The summed E-state index contributed by atoms with van der Waals surface area (Å²) < 4.78 is 0. The van der Waals surface area contributed by atoms with Crippen LogP contribution in [0.2, 0.25) is 0 Å². The minimum Gasteiger partial charge on any atom is -0.254 e. The maximum absolute atomic E-state index is 4.60. The van der Waals surface area contributed by atoms with Crippen molar-refractivity contribution in [2.24, 2.45) is 0 Å². The van der Waals surface area contributed by atoms with E-state index in [0.29, 0.717) is 0 Å². The van der Waals surface area contributed by atoms with Crippen LogP contribution in [-0.4, -0.2) is 9.97 Å². The van der Waals surface area contributed by atoms with E-state index in [9.17, 15) is 0 Å². The molecule has 2 heteroatoms. The molecule has 0 aliphatic heterocycles. The zero-order valence-corrected chi connectivity index (χ0v) is 11.8. The fourth-order valence-corrected chi connectivity index (χ4v) is 3.39. The van der Waals surface area contributed by atoms with Gasteiger partial charge < -0.3 is 0 Å². The monoisotopic (exact) mass is 280 g/mol. The molecule has 0 N–H and O–H groups in total. The first-order valence-corrected chi connectivity index (χ1v) is 7.36. The van der Waals surface area contributed by atoms with Gasteiger partial charge in [-0.15, -0.1) is 0 Å². The molecule has 0 spiro atoms. The van der Waals surface area contributed by atoms with E-state index in [2.05, 4.69) is 58.5 Å². The fraction of sp³-hybridized carbons (Fsp3) is 0. The molecular weight excluding hydrogens is 268 g/mol. The number of hydrogen-bond acceptors (Lipinski definition) is 2. The van der Waals surface area contributed by atoms with Crippen LogP contribution >= 0.6 is 0 Å². The normalized spacial score (nSPS) is 11.6. The molecule has 2 nitrogen and oxygen atoms in total. The molecule has 2 aromatic heterocycles. The van der Waals surface area contributed by atoms with Gasteiger partial charge in [0.2, 0.25) is 0 Å². The molecule has 0 fully saturated rings. The third kappa shape index (κ3) is 1.44. The van der Waals surface area contributed by atoms with Crippen LogP contribution in [-0.2, 0) is 0 Å². The highest BCUT2D eigenvalue weighted by atomic mass is 14.7. The summed E-state index contributed by atoms with van der Waals surface area (Å²) in [5.41, 5.74) is 1.95. The van der Waals surface area contributed by atoms with Crippen LogP contribution in [0.25, 0.3) is 43.4 Å². The second kappa shape index (κ2) is 4.25. The molecule has 102 valence electrons. The third-order valence-electron chi connectivity index (χ3n) is 4.33. The lowest BCUT2D eigenvalue weighted by Crippen LogP contribution is -1.88. The summed E-state index contributed by atoms with van der Waals surface area (Å²) >= 11 is 0. The van der Waals surface area contributed by atoms with Crippen LogP contribution in [0.3, 0.4) is 0 Å². The maximum Gasteiger partial charge on any atom is 0.0971 e. The van der Waals surface area contributed by atoms with Crippen molar-refractivity contribution < 1.29 is 0 Å². The average Bonchev–Trinajstić information content (AvgIpc) is 2.61. The minimum absolute atomic E-state index is 0.973. The smallest absolute Gasteiger partial charge is 0.0971 e. The number of benzene rings is 3. The van der Waals surface area contributed by atoms with Crippen molar-refractivity contribution in [1.29, 1.82) is 0 Å². The van der Waals surface area contributed by atoms with Gasteiger partial charge in [-0.1, -0.05) is 48.5 Å². The highest BCUT2D eigenvalue weighted by Gasteiger charge is 2.11. The van der Waals surface area contributed by atoms with Gasteiger partial charge in [-0.05, 0) is 33.7 Å². The number of fused-ring (bicyclic) bond motifs is 8. The Hall–Kier alpha value is -3.00. The number of pyridine rings is 2. The molecule has 2 heterocycles. The summed E-state index contributed by atoms with van der Waals surface area (Å²) in [6.45, 7) is 0. The highest BCUT2D eigenvalue weighted by Crippen LogP contribution is 2.36. The molecule has 0 amide bonds. The van der Waals surface area contributed by atoms with Crippen molar-refractivity contribution in [1.82, 2.24) is 9.97 Å². The zero-order valence-electron chi connectivity index (χ0n) is 11.8. The molecule has 0 atom stereocenters. The lowest BCUT2D eigenvalue weighted by atomic mass is 9.95. The second-order valence-corrected chi connectivity index (χ2v) is 5.51. The van der Waals surface area contributed by atoms with Gasteiger partial charge in [-0.3, -0.25) is 9.97 Å². The van der Waals surface area contributed by atoms with E-state index in [4.69, 9.17) is 0 Å². The summed E-state index contributed by atoms with van der Waals surface area (Å²) in [6.07, 6.45) is 3.68. The van der Waals surface area contributed by atoms with Crippen molar-refractivity contribution >= 4 is 43.4 Å². The summed E-state index contributed by atoms with van der Waals surface area (Å²) in [6, 6.07) is 21.2. The third-order valence-corrected chi connectivity index (χ3v) is 4.33. The fourth-order valence-electron chi connectivity index (χ4n) is 3.39. The topological polar surface area (TPSA) is 25.8 Å². The molecule has 0 bridgehead atoms. The van der Waals surface area contributed by atoms with E-state index in [0.717, 1.165) is 16.4 Å². The molecule has 0 radical (unpaired) electrons. The number of nitrogens with zero attached hydrogens (tertiary/aromatic N) is 2. The van der Waals surface area contributed by atoms with Crippen molar-refractivity contribution in [2.75, 3.05) is 0 Å². The Morgan fingerprint density at radius 2 is 1.18 bits per heavy atom. The number of hydrogen-bond donors (Lipinski definition) is 0. The Balaban J connectivity index is 2.24. The van der Waals surface area contributed by atoms with Gasteiger partial charge in [0.15, 0.2) is 0 Å². The predicted octanol–water partition coefficient (Wildman–Crippen LogP) is 5.09. The average molecular weight is 280 g/mol. The molecule has 22 heavy (non-hydrogen) atoms. The molecule has 0 unspecified atom stereocenters. The largest absolute Gasteiger partial charge is 0.254 e. The van der Waals surface area contributed by atoms with Gasteiger partial charge >= 0.3 is 0 Å². The summed E-state index contributed by atoms with van der Waals surface area (Å²) in [5.74, 6) is 0. The Kier molecular flexibility index (Phi) is 2.25.